The fourth-order valence-electron chi connectivity index (χ4n) is 1.81. The molecule has 1 aliphatic rings. The van der Waals surface area contributed by atoms with E-state index in [4.69, 9.17) is 0 Å². The molecule has 1 saturated heterocycles. The van der Waals surface area contributed by atoms with Crippen LogP contribution in [0.3, 0.4) is 0 Å². The molecule has 0 amide bonds. The van der Waals surface area contributed by atoms with E-state index in [1.807, 2.05) is 0 Å². The van der Waals surface area contributed by atoms with Gasteiger partial charge in [-0.25, -0.2) is 0 Å². The molecule has 1 nitrogen and oxygen atoms in total. The first kappa shape index (κ1) is 12.1. The third kappa shape index (κ3) is 4.00. The van der Waals surface area contributed by atoms with Crippen molar-refractivity contribution in [3.05, 3.63) is 6.42 Å². The van der Waals surface area contributed by atoms with Gasteiger partial charge in [-0.3, -0.25) is 0 Å². The van der Waals surface area contributed by atoms with Gasteiger partial charge in [0.15, 0.2) is 0 Å². The first-order valence-corrected chi connectivity index (χ1v) is 4.02. The second-order valence-electron chi connectivity index (χ2n) is 4.59. The van der Waals surface area contributed by atoms with Crippen LogP contribution in [0.15, 0.2) is 0 Å². The molecule has 11 heavy (non-hydrogen) atoms. The molecule has 2 heteroatoms. The summed E-state index contributed by atoms with van der Waals surface area (Å²) in [6.07, 6.45) is 4.77. The minimum absolute atomic E-state index is 0. The minimum atomic E-state index is 0. The molecule has 0 spiro atoms. The molecule has 1 fully saturated rings. The Morgan fingerprint density at radius 2 is 1.36 bits per heavy atom. The summed E-state index contributed by atoms with van der Waals surface area (Å²) in [6, 6.07) is 0. The fourth-order valence-corrected chi connectivity index (χ4v) is 1.81. The monoisotopic (exact) mass is 371 g/mol. The van der Waals surface area contributed by atoms with E-state index in [2.05, 4.69) is 39.4 Å². The van der Waals surface area contributed by atoms with Gasteiger partial charge in [0, 0.05) is 32.3 Å². The molecule has 0 aromatic rings. The van der Waals surface area contributed by atoms with Gasteiger partial charge in [-0.15, -0.1) is 0 Å². The molecule has 1 heterocycles. The Balaban J connectivity index is 0.000001000. The molecule has 0 atom stereocenters. The van der Waals surface area contributed by atoms with E-state index >= 15 is 0 Å². The van der Waals surface area contributed by atoms with Crippen molar-refractivity contribution in [1.82, 2.24) is 5.32 Å². The molecule has 1 radical (unpaired) electrons. The Kier molecular flexibility index (Phi) is 4.21. The van der Waals surface area contributed by atoms with Crippen LogP contribution in [0.2, 0.25) is 0 Å². The number of hydrogen-bond donors (Lipinski definition) is 1. The zero-order chi connectivity index (χ0) is 7.83. The van der Waals surface area contributed by atoms with Gasteiger partial charge in [0.2, 0.25) is 0 Å². The topological polar surface area (TPSA) is 12.0 Å². The quantitative estimate of drug-likeness (QED) is 0.644. The molecule has 1 N–H and O–H groups in total. The maximum absolute atomic E-state index is 3.60. The van der Waals surface area contributed by atoms with Crippen LogP contribution in [0.5, 0.6) is 0 Å². The van der Waals surface area contributed by atoms with Gasteiger partial charge in [0.25, 0.3) is 0 Å². The van der Waals surface area contributed by atoms with E-state index in [1.54, 1.807) is 0 Å². The SMILES string of the molecule is CC1(C)C[CH-]CC(C)(C)N1.[Pa]. The minimum Gasteiger partial charge on any atom is -0.325 e. The smallest absolute Gasteiger partial charge is 0 e. The first-order valence-electron chi connectivity index (χ1n) is 4.02. The summed E-state index contributed by atoms with van der Waals surface area (Å²) < 4.78 is 0. The van der Waals surface area contributed by atoms with Crippen LogP contribution < -0.4 is 5.32 Å². The molecule has 0 aromatic heterocycles. The van der Waals surface area contributed by atoms with Crippen LogP contribution in [0.4, 0.5) is 0 Å². The summed E-state index contributed by atoms with van der Waals surface area (Å²) in [6.45, 7) is 9.02. The second kappa shape index (κ2) is 3.84. The zero-order valence-electron chi connectivity index (χ0n) is 8.07. The average Bonchev–Trinajstić information content (AvgIpc) is 1.56. The Morgan fingerprint density at radius 3 is 1.55 bits per heavy atom. The summed E-state index contributed by atoms with van der Waals surface area (Å²) in [5.41, 5.74) is 0.615. The molecule has 63 valence electrons. The summed E-state index contributed by atoms with van der Waals surface area (Å²) in [5.74, 6) is 0. The number of hydrogen-bond acceptors (Lipinski definition) is 1. The second-order valence-corrected chi connectivity index (χ2v) is 4.59. The van der Waals surface area contributed by atoms with Gasteiger partial charge >= 0.3 is 0 Å². The van der Waals surface area contributed by atoms with Gasteiger partial charge in [-0.05, 0) is 38.8 Å². The van der Waals surface area contributed by atoms with E-state index in [0.717, 1.165) is 0 Å². The predicted molar refractivity (Wildman–Crippen MR) is 44.8 cm³/mol. The van der Waals surface area contributed by atoms with Crippen LogP contribution in [0, 0.1) is 38.7 Å². The summed E-state index contributed by atoms with van der Waals surface area (Å²) >= 11 is 0. The molecule has 0 saturated carbocycles. The van der Waals surface area contributed by atoms with Crippen molar-refractivity contribution in [3.63, 3.8) is 0 Å². The van der Waals surface area contributed by atoms with Gasteiger partial charge in [-0.1, -0.05) is 0 Å². The van der Waals surface area contributed by atoms with E-state index in [9.17, 15) is 0 Å². The molecule has 0 bridgehead atoms. The maximum atomic E-state index is 3.60. The van der Waals surface area contributed by atoms with Gasteiger partial charge in [-0.2, -0.15) is 12.8 Å². The summed E-state index contributed by atoms with van der Waals surface area (Å²) in [5, 5.41) is 3.60. The maximum Gasteiger partial charge on any atom is 0 e. The molecule has 1 rings (SSSR count). The van der Waals surface area contributed by atoms with Gasteiger partial charge in [0.05, 0.1) is 0 Å². The van der Waals surface area contributed by atoms with Crippen molar-refractivity contribution in [3.8, 4) is 0 Å². The van der Waals surface area contributed by atoms with E-state index in [0.29, 0.717) is 11.1 Å². The molecule has 0 unspecified atom stereocenters. The van der Waals surface area contributed by atoms with Crippen molar-refractivity contribution in [2.24, 2.45) is 0 Å². The van der Waals surface area contributed by atoms with E-state index in [-0.39, 0.29) is 32.3 Å². The van der Waals surface area contributed by atoms with Crippen LogP contribution in [-0.2, 0) is 0 Å². The van der Waals surface area contributed by atoms with Crippen LogP contribution in [0.1, 0.15) is 40.5 Å². The van der Waals surface area contributed by atoms with Crippen molar-refractivity contribution < 1.29 is 32.3 Å². The largest absolute Gasteiger partial charge is 0.325 e. The first-order chi connectivity index (χ1) is 4.41. The molecule has 0 aromatic carbocycles. The standard InChI is InChI=1S/C9H18N.Pa/c1-8(2)6-5-7-9(3,4)10-8;/h5,10H,6-7H2,1-4H3;/q-1;. The summed E-state index contributed by atoms with van der Waals surface area (Å²) in [4.78, 5) is 0. The molecule has 0 aliphatic carbocycles. The Labute approximate surface area is 95.2 Å². The van der Waals surface area contributed by atoms with Crippen molar-refractivity contribution in [2.45, 2.75) is 51.6 Å². The molecular formula is C9H18NPa-. The normalized spacial score (nSPS) is 27.3. The van der Waals surface area contributed by atoms with Crippen molar-refractivity contribution in [2.75, 3.05) is 0 Å². The number of nitrogens with one attached hydrogen (secondary N) is 1. The van der Waals surface area contributed by atoms with Gasteiger partial charge < -0.3 is 11.7 Å². The number of rotatable bonds is 0. The third-order valence-electron chi connectivity index (χ3n) is 1.99. The third-order valence-corrected chi connectivity index (χ3v) is 1.99. The zero-order valence-corrected chi connectivity index (χ0v) is 12.9. The summed E-state index contributed by atoms with van der Waals surface area (Å²) in [7, 11) is 0. The Hall–Kier alpha value is 1.05. The molecule has 1 aliphatic heterocycles. The fraction of sp³-hybridized carbons (Fsp3) is 0.889. The van der Waals surface area contributed by atoms with E-state index < -0.39 is 0 Å². The van der Waals surface area contributed by atoms with Crippen molar-refractivity contribution >= 4 is 0 Å². The van der Waals surface area contributed by atoms with Crippen LogP contribution >= 0.6 is 0 Å². The van der Waals surface area contributed by atoms with Crippen LogP contribution in [0.25, 0.3) is 0 Å². The predicted octanol–water partition coefficient (Wildman–Crippen LogP) is 2.13. The Morgan fingerprint density at radius 1 is 1.00 bits per heavy atom. The molecular weight excluding hydrogens is 353 g/mol. The van der Waals surface area contributed by atoms with Gasteiger partial charge in [0.1, 0.15) is 0 Å². The number of piperidine rings is 1. The van der Waals surface area contributed by atoms with E-state index in [1.165, 1.54) is 12.8 Å². The Bertz CT molecular complexity index is 116. The van der Waals surface area contributed by atoms with Crippen molar-refractivity contribution in [1.29, 1.82) is 0 Å². The van der Waals surface area contributed by atoms with Crippen LogP contribution in [-0.4, -0.2) is 11.1 Å². The average molecular weight is 371 g/mol.